The molecule has 2 aliphatic rings. The molecule has 1 aliphatic heterocycles. The highest BCUT2D eigenvalue weighted by Gasteiger charge is 2.32. The predicted molar refractivity (Wildman–Crippen MR) is 126 cm³/mol. The quantitative estimate of drug-likeness (QED) is 0.516. The van der Waals surface area contributed by atoms with E-state index in [1.54, 1.807) is 12.3 Å². The zero-order valence-electron chi connectivity index (χ0n) is 19.8. The number of Topliss-reactive ketones (excluding diaryl/α,β-unsaturated/α-hetero) is 1. The molecule has 31 heavy (non-hydrogen) atoms. The van der Waals surface area contributed by atoms with Crippen LogP contribution in [0.3, 0.4) is 0 Å². The summed E-state index contributed by atoms with van der Waals surface area (Å²) in [5.74, 6) is 0.0779. The minimum absolute atomic E-state index is 0.0779. The summed E-state index contributed by atoms with van der Waals surface area (Å²) >= 11 is 0. The van der Waals surface area contributed by atoms with Crippen molar-refractivity contribution in [3.63, 3.8) is 0 Å². The van der Waals surface area contributed by atoms with E-state index in [0.717, 1.165) is 39.3 Å². The van der Waals surface area contributed by atoms with Crippen LogP contribution in [0.2, 0.25) is 0 Å². The van der Waals surface area contributed by atoms with Crippen molar-refractivity contribution in [1.82, 2.24) is 14.8 Å². The monoisotopic (exact) mass is 425 g/mol. The highest BCUT2D eigenvalue weighted by atomic mass is 16.5. The van der Waals surface area contributed by atoms with E-state index >= 15 is 0 Å². The van der Waals surface area contributed by atoms with Crippen LogP contribution in [0.15, 0.2) is 48.2 Å². The van der Waals surface area contributed by atoms with Crippen molar-refractivity contribution in [2.24, 2.45) is 0 Å². The SMILES string of the molecule is CC(C)(CCC(=O)c1ccccn1)OC(C)(C)CN1CCN(CC2=CCCC=C2)CC1. The number of nitrogens with zero attached hydrogens (tertiary/aromatic N) is 3. The Morgan fingerprint density at radius 3 is 2.42 bits per heavy atom. The van der Waals surface area contributed by atoms with Crippen LogP contribution in [0.5, 0.6) is 0 Å². The van der Waals surface area contributed by atoms with E-state index < -0.39 is 0 Å². The van der Waals surface area contributed by atoms with Crippen LogP contribution in [-0.2, 0) is 4.74 Å². The molecule has 1 aromatic heterocycles. The van der Waals surface area contributed by atoms with Crippen molar-refractivity contribution < 1.29 is 9.53 Å². The highest BCUT2D eigenvalue weighted by molar-refractivity contribution is 5.94. The lowest BCUT2D eigenvalue weighted by Gasteiger charge is -2.42. The lowest BCUT2D eigenvalue weighted by atomic mass is 9.97. The van der Waals surface area contributed by atoms with E-state index in [-0.39, 0.29) is 17.0 Å². The number of hydrogen-bond donors (Lipinski definition) is 0. The highest BCUT2D eigenvalue weighted by Crippen LogP contribution is 2.26. The molecule has 1 aromatic rings. The summed E-state index contributed by atoms with van der Waals surface area (Å²) in [6.07, 6.45) is 12.1. The Hall–Kier alpha value is -1.82. The smallest absolute Gasteiger partial charge is 0.181 e. The Bertz CT molecular complexity index is 775. The summed E-state index contributed by atoms with van der Waals surface area (Å²) in [7, 11) is 0. The number of rotatable bonds is 10. The maximum absolute atomic E-state index is 12.4. The second-order valence-electron chi connectivity index (χ2n) is 10.1. The zero-order valence-corrected chi connectivity index (χ0v) is 19.8. The van der Waals surface area contributed by atoms with Crippen LogP contribution in [0.4, 0.5) is 0 Å². The molecule has 0 aromatic carbocycles. The molecular formula is C26H39N3O2. The van der Waals surface area contributed by atoms with Gasteiger partial charge in [-0.3, -0.25) is 19.6 Å². The maximum atomic E-state index is 12.4. The minimum atomic E-state index is -0.366. The average molecular weight is 426 g/mol. The fraction of sp³-hybridized carbons (Fsp3) is 0.615. The van der Waals surface area contributed by atoms with Gasteiger partial charge in [0.1, 0.15) is 5.69 Å². The first kappa shape index (κ1) is 23.8. The Morgan fingerprint density at radius 2 is 1.77 bits per heavy atom. The van der Waals surface area contributed by atoms with Gasteiger partial charge in [0.05, 0.1) is 11.2 Å². The molecule has 1 fully saturated rings. The molecule has 0 unspecified atom stereocenters. The molecule has 0 radical (unpaired) electrons. The molecule has 1 aliphatic carbocycles. The molecule has 0 saturated carbocycles. The van der Waals surface area contributed by atoms with Gasteiger partial charge in [-0.2, -0.15) is 0 Å². The van der Waals surface area contributed by atoms with Crippen LogP contribution in [0, 0.1) is 0 Å². The van der Waals surface area contributed by atoms with E-state index in [4.69, 9.17) is 4.74 Å². The van der Waals surface area contributed by atoms with Crippen LogP contribution < -0.4 is 0 Å². The van der Waals surface area contributed by atoms with Crippen LogP contribution in [0.25, 0.3) is 0 Å². The standard InChI is InChI=1S/C26H39N3O2/c1-25(2,14-13-24(30)23-12-8-9-15-27-23)31-26(3,4)21-29-18-16-28(17-19-29)20-22-10-6-5-7-11-22/h6,8-12,15H,5,7,13-14,16-21H2,1-4H3. The van der Waals surface area contributed by atoms with Gasteiger partial charge in [0.15, 0.2) is 5.78 Å². The third kappa shape index (κ3) is 7.99. The van der Waals surface area contributed by atoms with Crippen molar-refractivity contribution in [1.29, 1.82) is 0 Å². The van der Waals surface area contributed by atoms with Gasteiger partial charge in [-0.25, -0.2) is 0 Å². The molecule has 0 bridgehead atoms. The summed E-state index contributed by atoms with van der Waals surface area (Å²) in [5, 5.41) is 0. The number of carbonyl (C=O) groups excluding carboxylic acids is 1. The first-order valence-corrected chi connectivity index (χ1v) is 11.7. The van der Waals surface area contributed by atoms with Crippen molar-refractivity contribution in [3.05, 3.63) is 53.9 Å². The number of ether oxygens (including phenoxy) is 1. The van der Waals surface area contributed by atoms with Crippen LogP contribution >= 0.6 is 0 Å². The number of allylic oxidation sites excluding steroid dienone is 2. The summed E-state index contributed by atoms with van der Waals surface area (Å²) in [6.45, 7) is 14.8. The number of carbonyl (C=O) groups is 1. The molecular weight excluding hydrogens is 386 g/mol. The Labute approximate surface area is 188 Å². The topological polar surface area (TPSA) is 45.7 Å². The summed E-state index contributed by atoms with van der Waals surface area (Å²) < 4.78 is 6.52. The van der Waals surface area contributed by atoms with E-state index in [1.165, 1.54) is 18.4 Å². The fourth-order valence-electron chi connectivity index (χ4n) is 4.59. The molecule has 170 valence electrons. The molecule has 5 heteroatoms. The van der Waals surface area contributed by atoms with E-state index in [1.807, 2.05) is 12.1 Å². The largest absolute Gasteiger partial charge is 0.368 e. The van der Waals surface area contributed by atoms with Crippen LogP contribution in [0.1, 0.15) is 63.9 Å². The van der Waals surface area contributed by atoms with Crippen molar-refractivity contribution in [3.8, 4) is 0 Å². The molecule has 0 amide bonds. The molecule has 2 heterocycles. The number of hydrogen-bond acceptors (Lipinski definition) is 5. The number of piperazine rings is 1. The van der Waals surface area contributed by atoms with Gasteiger partial charge < -0.3 is 4.74 Å². The second kappa shape index (κ2) is 10.7. The van der Waals surface area contributed by atoms with Crippen molar-refractivity contribution in [2.45, 2.75) is 64.6 Å². The normalized spacial score (nSPS) is 18.8. The molecule has 0 atom stereocenters. The van der Waals surface area contributed by atoms with E-state index in [2.05, 4.69) is 60.7 Å². The van der Waals surface area contributed by atoms with Gasteiger partial charge in [-0.05, 0) is 64.7 Å². The van der Waals surface area contributed by atoms with Crippen molar-refractivity contribution >= 4 is 5.78 Å². The third-order valence-electron chi connectivity index (χ3n) is 6.00. The van der Waals surface area contributed by atoms with Gasteiger partial charge >= 0.3 is 0 Å². The average Bonchev–Trinajstić information content (AvgIpc) is 2.74. The number of pyridine rings is 1. The van der Waals surface area contributed by atoms with Crippen LogP contribution in [-0.4, -0.2) is 71.0 Å². The zero-order chi connectivity index (χ0) is 22.3. The Morgan fingerprint density at radius 1 is 1.03 bits per heavy atom. The summed E-state index contributed by atoms with van der Waals surface area (Å²) in [4.78, 5) is 21.6. The van der Waals surface area contributed by atoms with E-state index in [0.29, 0.717) is 18.5 Å². The van der Waals surface area contributed by atoms with Crippen molar-refractivity contribution in [2.75, 3.05) is 39.3 Å². The lowest BCUT2D eigenvalue weighted by Crippen LogP contribution is -2.52. The summed E-state index contributed by atoms with van der Waals surface area (Å²) in [6, 6.07) is 5.46. The van der Waals surface area contributed by atoms with Gasteiger partial charge in [0.25, 0.3) is 0 Å². The first-order chi connectivity index (χ1) is 14.7. The third-order valence-corrected chi connectivity index (χ3v) is 6.00. The molecule has 1 saturated heterocycles. The maximum Gasteiger partial charge on any atom is 0.181 e. The molecule has 5 nitrogen and oxygen atoms in total. The number of ketones is 1. The van der Waals surface area contributed by atoms with E-state index in [9.17, 15) is 4.79 Å². The first-order valence-electron chi connectivity index (χ1n) is 11.7. The second-order valence-corrected chi connectivity index (χ2v) is 10.1. The molecule has 0 N–H and O–H groups in total. The van der Waals surface area contributed by atoms with Gasteiger partial charge in [0.2, 0.25) is 0 Å². The Balaban J connectivity index is 1.42. The van der Waals surface area contributed by atoms with Gasteiger partial charge in [0, 0.05) is 51.9 Å². The van der Waals surface area contributed by atoms with Gasteiger partial charge in [-0.15, -0.1) is 0 Å². The predicted octanol–water partition coefficient (Wildman–Crippen LogP) is 4.51. The lowest BCUT2D eigenvalue weighted by molar-refractivity contribution is -0.137. The molecule has 0 spiro atoms. The Kier molecular flexibility index (Phi) is 8.20. The minimum Gasteiger partial charge on any atom is -0.368 e. The van der Waals surface area contributed by atoms with Gasteiger partial charge in [-0.1, -0.05) is 24.3 Å². The number of aromatic nitrogens is 1. The fourth-order valence-corrected chi connectivity index (χ4v) is 4.59. The summed E-state index contributed by atoms with van der Waals surface area (Å²) in [5.41, 5.74) is 1.37. The molecule has 3 rings (SSSR count).